The summed E-state index contributed by atoms with van der Waals surface area (Å²) in [4.78, 5) is 32.5. The number of nitro groups is 1. The van der Waals surface area contributed by atoms with Crippen molar-refractivity contribution in [3.05, 3.63) is 32.3 Å². The molecule has 7 nitrogen and oxygen atoms in total. The van der Waals surface area contributed by atoms with Crippen molar-refractivity contribution in [3.8, 4) is 0 Å². The van der Waals surface area contributed by atoms with Gasteiger partial charge >= 0.3 is 5.97 Å². The largest absolute Gasteiger partial charge is 0.481 e. The third-order valence-electron chi connectivity index (χ3n) is 2.50. The molecule has 1 aromatic carbocycles. The number of carboxylic acid groups (broad SMARTS) is 1. The van der Waals surface area contributed by atoms with Crippen LogP contribution in [0.1, 0.15) is 12.5 Å². The molecule has 2 N–H and O–H groups in total. The van der Waals surface area contributed by atoms with Gasteiger partial charge in [-0.25, -0.2) is 0 Å². The van der Waals surface area contributed by atoms with Crippen LogP contribution in [0.15, 0.2) is 16.6 Å². The van der Waals surface area contributed by atoms with Crippen LogP contribution in [0.5, 0.6) is 0 Å². The summed E-state index contributed by atoms with van der Waals surface area (Å²) in [5.74, 6) is -3.26. The summed E-state index contributed by atoms with van der Waals surface area (Å²) in [6.45, 7) is 2.79. The number of carbonyl (C=O) groups excluding carboxylic acids is 1. The van der Waals surface area contributed by atoms with Gasteiger partial charge in [-0.1, -0.05) is 0 Å². The van der Waals surface area contributed by atoms with E-state index in [1.54, 1.807) is 6.92 Å². The third-order valence-corrected chi connectivity index (χ3v) is 3.16. The maximum Gasteiger partial charge on any atom is 0.315 e. The standard InChI is InChI=1S/C11H11BrN2O5/c1-5-3-7(12)8(4-9(5)14(18)19)13-10(15)6(2)11(16)17/h3-4,6H,1-2H3,(H,13,15)(H,16,17). The van der Waals surface area contributed by atoms with E-state index < -0.39 is 22.7 Å². The molecular weight excluding hydrogens is 320 g/mol. The summed E-state index contributed by atoms with van der Waals surface area (Å²) in [7, 11) is 0. The summed E-state index contributed by atoms with van der Waals surface area (Å²) >= 11 is 3.16. The minimum atomic E-state index is -1.27. The van der Waals surface area contributed by atoms with Crippen molar-refractivity contribution in [1.82, 2.24) is 0 Å². The number of nitrogens with zero attached hydrogens (tertiary/aromatic N) is 1. The Morgan fingerprint density at radius 1 is 1.47 bits per heavy atom. The Kier molecular flexibility index (Phi) is 4.60. The lowest BCUT2D eigenvalue weighted by molar-refractivity contribution is -0.385. The molecule has 8 heteroatoms. The average Bonchev–Trinajstić information content (AvgIpc) is 2.30. The van der Waals surface area contributed by atoms with Gasteiger partial charge in [-0.3, -0.25) is 19.7 Å². The molecule has 1 amide bonds. The highest BCUT2D eigenvalue weighted by atomic mass is 79.9. The normalized spacial score (nSPS) is 11.7. The highest BCUT2D eigenvalue weighted by Crippen LogP contribution is 2.30. The Labute approximate surface area is 116 Å². The summed E-state index contributed by atoms with van der Waals surface area (Å²) in [5, 5.41) is 21.8. The molecule has 0 aliphatic carbocycles. The van der Waals surface area contributed by atoms with Crippen LogP contribution in [0.4, 0.5) is 11.4 Å². The Morgan fingerprint density at radius 3 is 2.53 bits per heavy atom. The van der Waals surface area contributed by atoms with Gasteiger partial charge in [0.1, 0.15) is 5.92 Å². The summed E-state index contributed by atoms with van der Waals surface area (Å²) < 4.78 is 0.446. The van der Waals surface area contributed by atoms with Gasteiger partial charge in [-0.15, -0.1) is 0 Å². The predicted molar refractivity (Wildman–Crippen MR) is 71.0 cm³/mol. The number of amides is 1. The van der Waals surface area contributed by atoms with Gasteiger partial charge in [-0.2, -0.15) is 0 Å². The van der Waals surface area contributed by atoms with Crippen molar-refractivity contribution in [2.24, 2.45) is 5.92 Å². The number of nitrogens with one attached hydrogen (secondary N) is 1. The fraction of sp³-hybridized carbons (Fsp3) is 0.273. The Morgan fingerprint density at radius 2 is 2.05 bits per heavy atom. The molecule has 0 radical (unpaired) electrons. The van der Waals surface area contributed by atoms with E-state index in [0.717, 1.165) is 0 Å². The van der Waals surface area contributed by atoms with E-state index in [1.165, 1.54) is 19.1 Å². The molecule has 0 aromatic heterocycles. The Bertz CT molecular complexity index is 558. The van der Waals surface area contributed by atoms with E-state index in [2.05, 4.69) is 21.2 Å². The first-order chi connectivity index (χ1) is 8.73. The average molecular weight is 331 g/mol. The zero-order valence-electron chi connectivity index (χ0n) is 10.1. The number of rotatable bonds is 4. The molecule has 0 saturated carbocycles. The van der Waals surface area contributed by atoms with E-state index in [9.17, 15) is 19.7 Å². The first-order valence-electron chi connectivity index (χ1n) is 5.22. The van der Waals surface area contributed by atoms with Crippen molar-refractivity contribution in [3.63, 3.8) is 0 Å². The number of anilines is 1. The van der Waals surface area contributed by atoms with E-state index in [1.807, 2.05) is 0 Å². The molecule has 0 aliphatic heterocycles. The minimum Gasteiger partial charge on any atom is -0.481 e. The van der Waals surface area contributed by atoms with E-state index in [-0.39, 0.29) is 11.4 Å². The number of benzene rings is 1. The van der Waals surface area contributed by atoms with Crippen LogP contribution in [0.2, 0.25) is 0 Å². The molecule has 1 rings (SSSR count). The first-order valence-corrected chi connectivity index (χ1v) is 6.01. The molecule has 0 heterocycles. The molecule has 1 atom stereocenters. The minimum absolute atomic E-state index is 0.151. The van der Waals surface area contributed by atoms with Crippen molar-refractivity contribution in [2.75, 3.05) is 5.32 Å². The van der Waals surface area contributed by atoms with Gasteiger partial charge in [-0.05, 0) is 35.8 Å². The van der Waals surface area contributed by atoms with E-state index >= 15 is 0 Å². The first kappa shape index (κ1) is 15.1. The summed E-state index contributed by atoms with van der Waals surface area (Å²) in [6.07, 6.45) is 0. The number of aryl methyl sites for hydroxylation is 1. The van der Waals surface area contributed by atoms with Crippen molar-refractivity contribution in [2.45, 2.75) is 13.8 Å². The number of nitro benzene ring substituents is 1. The maximum absolute atomic E-state index is 11.6. The highest BCUT2D eigenvalue weighted by Gasteiger charge is 2.22. The van der Waals surface area contributed by atoms with Crippen molar-refractivity contribution < 1.29 is 19.6 Å². The van der Waals surface area contributed by atoms with Crippen molar-refractivity contribution >= 4 is 39.2 Å². The molecule has 102 valence electrons. The molecule has 1 unspecified atom stereocenters. The molecule has 0 spiro atoms. The lowest BCUT2D eigenvalue weighted by Gasteiger charge is -2.10. The Balaban J connectivity index is 3.08. The van der Waals surface area contributed by atoms with Gasteiger partial charge in [0.2, 0.25) is 5.91 Å². The number of aliphatic carboxylic acids is 1. The quantitative estimate of drug-likeness (QED) is 0.500. The van der Waals surface area contributed by atoms with Crippen LogP contribution in [-0.2, 0) is 9.59 Å². The molecule has 0 saturated heterocycles. The van der Waals surface area contributed by atoms with Crippen LogP contribution in [0.3, 0.4) is 0 Å². The van der Waals surface area contributed by atoms with Gasteiger partial charge in [0.25, 0.3) is 5.69 Å². The summed E-state index contributed by atoms with van der Waals surface area (Å²) in [5.41, 5.74) is 0.443. The fourth-order valence-corrected chi connectivity index (χ4v) is 1.86. The zero-order chi connectivity index (χ0) is 14.7. The van der Waals surface area contributed by atoms with E-state index in [0.29, 0.717) is 10.0 Å². The highest BCUT2D eigenvalue weighted by molar-refractivity contribution is 9.10. The fourth-order valence-electron chi connectivity index (χ4n) is 1.31. The molecule has 1 aromatic rings. The lowest BCUT2D eigenvalue weighted by Crippen LogP contribution is -2.27. The molecular formula is C11H11BrN2O5. The number of hydrogen-bond acceptors (Lipinski definition) is 4. The Hall–Kier alpha value is -1.96. The number of halogens is 1. The van der Waals surface area contributed by atoms with Gasteiger partial charge in [0, 0.05) is 16.1 Å². The topological polar surface area (TPSA) is 110 Å². The second kappa shape index (κ2) is 5.79. The molecule has 19 heavy (non-hydrogen) atoms. The second-order valence-electron chi connectivity index (χ2n) is 3.92. The molecule has 0 fully saturated rings. The molecule has 0 aliphatic rings. The number of carbonyl (C=O) groups is 2. The van der Waals surface area contributed by atoms with Crippen LogP contribution in [-0.4, -0.2) is 21.9 Å². The van der Waals surface area contributed by atoms with Crippen LogP contribution in [0, 0.1) is 23.0 Å². The second-order valence-corrected chi connectivity index (χ2v) is 4.78. The third kappa shape index (κ3) is 3.50. The van der Waals surface area contributed by atoms with E-state index in [4.69, 9.17) is 5.11 Å². The number of hydrogen-bond donors (Lipinski definition) is 2. The van der Waals surface area contributed by atoms with Crippen LogP contribution in [0.25, 0.3) is 0 Å². The SMILES string of the molecule is Cc1cc(Br)c(NC(=O)C(C)C(=O)O)cc1[N+](=O)[O-]. The lowest BCUT2D eigenvalue weighted by atomic mass is 10.1. The van der Waals surface area contributed by atoms with Crippen LogP contribution >= 0.6 is 15.9 Å². The predicted octanol–water partition coefficient (Wildman–Crippen LogP) is 2.32. The van der Waals surface area contributed by atoms with Gasteiger partial charge in [0.05, 0.1) is 10.6 Å². The van der Waals surface area contributed by atoms with Crippen molar-refractivity contribution in [1.29, 1.82) is 0 Å². The van der Waals surface area contributed by atoms with Gasteiger partial charge < -0.3 is 10.4 Å². The van der Waals surface area contributed by atoms with Crippen LogP contribution < -0.4 is 5.32 Å². The monoisotopic (exact) mass is 330 g/mol. The summed E-state index contributed by atoms with van der Waals surface area (Å²) in [6, 6.07) is 2.67. The molecule has 0 bridgehead atoms. The van der Waals surface area contributed by atoms with Gasteiger partial charge in [0.15, 0.2) is 0 Å². The smallest absolute Gasteiger partial charge is 0.315 e. The maximum atomic E-state index is 11.6. The zero-order valence-corrected chi connectivity index (χ0v) is 11.7. The number of carboxylic acids is 1.